The maximum atomic E-state index is 8.88. The summed E-state index contributed by atoms with van der Waals surface area (Å²) in [4.78, 5) is 0. The Bertz CT molecular complexity index is 634. The van der Waals surface area contributed by atoms with Gasteiger partial charge in [0.25, 0.3) is 0 Å². The predicted octanol–water partition coefficient (Wildman–Crippen LogP) is 5.08. The van der Waals surface area contributed by atoms with Crippen LogP contribution in [-0.4, -0.2) is 0 Å². The van der Waals surface area contributed by atoms with E-state index in [0.717, 1.165) is 24.2 Å². The van der Waals surface area contributed by atoms with E-state index in [0.29, 0.717) is 10.6 Å². The molecule has 0 saturated carbocycles. The van der Waals surface area contributed by atoms with Gasteiger partial charge in [-0.15, -0.1) is 0 Å². The van der Waals surface area contributed by atoms with Crippen LogP contribution in [0.2, 0.25) is 5.02 Å². The highest BCUT2D eigenvalue weighted by atomic mass is 35.5. The summed E-state index contributed by atoms with van der Waals surface area (Å²) in [5, 5.41) is 12.9. The van der Waals surface area contributed by atoms with Crippen molar-refractivity contribution < 1.29 is 0 Å². The Hall–Kier alpha value is -1.98. The molecule has 0 atom stereocenters. The van der Waals surface area contributed by atoms with E-state index in [-0.39, 0.29) is 0 Å². The molecule has 0 aromatic heterocycles. The highest BCUT2D eigenvalue weighted by Crippen LogP contribution is 2.31. The topological polar surface area (TPSA) is 35.8 Å². The molecule has 1 N–H and O–H groups in total. The van der Waals surface area contributed by atoms with Crippen LogP contribution in [0.5, 0.6) is 0 Å². The van der Waals surface area contributed by atoms with Gasteiger partial charge in [-0.3, -0.25) is 0 Å². The molecule has 20 heavy (non-hydrogen) atoms. The molecule has 0 bridgehead atoms. The number of aryl methyl sites for hydroxylation is 2. The van der Waals surface area contributed by atoms with Crippen molar-refractivity contribution in [3.63, 3.8) is 0 Å². The molecule has 0 aliphatic rings. The van der Waals surface area contributed by atoms with E-state index in [2.05, 4.69) is 43.4 Å². The van der Waals surface area contributed by atoms with E-state index in [1.807, 2.05) is 6.07 Å². The van der Waals surface area contributed by atoms with Crippen molar-refractivity contribution in [2.45, 2.75) is 26.7 Å². The van der Waals surface area contributed by atoms with Crippen LogP contribution >= 0.6 is 11.6 Å². The van der Waals surface area contributed by atoms with E-state index in [9.17, 15) is 0 Å². The molecule has 0 amide bonds. The molecule has 0 spiro atoms. The third-order valence-electron chi connectivity index (χ3n) is 3.36. The smallest absolute Gasteiger partial charge is 0.0992 e. The molecule has 0 fully saturated rings. The fraction of sp³-hybridized carbons (Fsp3) is 0.235. The molecule has 3 heteroatoms. The van der Waals surface area contributed by atoms with Crippen LogP contribution in [0, 0.1) is 11.3 Å². The summed E-state index contributed by atoms with van der Waals surface area (Å²) in [5.74, 6) is 0. The van der Waals surface area contributed by atoms with Crippen molar-refractivity contribution in [3.05, 3.63) is 58.1 Å². The fourth-order valence-corrected chi connectivity index (χ4v) is 2.45. The first-order valence-corrected chi connectivity index (χ1v) is 7.14. The molecule has 2 nitrogen and oxygen atoms in total. The minimum absolute atomic E-state index is 0.567. The Morgan fingerprint density at radius 3 is 2.25 bits per heavy atom. The SMILES string of the molecule is CCc1cccc(CC)c1Nc1ccc(C#N)cc1Cl. The van der Waals surface area contributed by atoms with Crippen LogP contribution in [0.4, 0.5) is 11.4 Å². The van der Waals surface area contributed by atoms with Gasteiger partial charge in [-0.1, -0.05) is 43.6 Å². The normalized spacial score (nSPS) is 10.1. The largest absolute Gasteiger partial charge is 0.354 e. The summed E-state index contributed by atoms with van der Waals surface area (Å²) >= 11 is 6.24. The van der Waals surface area contributed by atoms with E-state index in [1.165, 1.54) is 11.1 Å². The zero-order valence-corrected chi connectivity index (χ0v) is 12.5. The molecule has 2 aromatic carbocycles. The number of rotatable bonds is 4. The first kappa shape index (κ1) is 14.4. The number of benzene rings is 2. The number of nitrogens with zero attached hydrogens (tertiary/aromatic N) is 1. The van der Waals surface area contributed by atoms with Crippen molar-refractivity contribution in [1.82, 2.24) is 0 Å². The number of nitriles is 1. The van der Waals surface area contributed by atoms with Crippen LogP contribution in [0.25, 0.3) is 0 Å². The number of hydrogen-bond acceptors (Lipinski definition) is 2. The van der Waals surface area contributed by atoms with Gasteiger partial charge in [0.05, 0.1) is 22.3 Å². The minimum Gasteiger partial charge on any atom is -0.354 e. The Balaban J connectivity index is 2.42. The maximum absolute atomic E-state index is 8.88. The first-order valence-electron chi connectivity index (χ1n) is 6.77. The second kappa shape index (κ2) is 6.45. The van der Waals surface area contributed by atoms with Crippen molar-refractivity contribution in [1.29, 1.82) is 5.26 Å². The number of para-hydroxylation sites is 1. The molecule has 0 heterocycles. The van der Waals surface area contributed by atoms with Crippen molar-refractivity contribution in [2.75, 3.05) is 5.32 Å². The quantitative estimate of drug-likeness (QED) is 0.850. The molecule has 0 unspecified atom stereocenters. The van der Waals surface area contributed by atoms with E-state index < -0.39 is 0 Å². The van der Waals surface area contributed by atoms with Crippen molar-refractivity contribution in [3.8, 4) is 6.07 Å². The minimum atomic E-state index is 0.567. The summed E-state index contributed by atoms with van der Waals surface area (Å²) in [5.41, 5.74) is 5.07. The molecule has 2 aromatic rings. The van der Waals surface area contributed by atoms with Crippen LogP contribution in [0.15, 0.2) is 36.4 Å². The maximum Gasteiger partial charge on any atom is 0.0992 e. The Morgan fingerprint density at radius 2 is 1.75 bits per heavy atom. The summed E-state index contributed by atoms with van der Waals surface area (Å²) in [6.07, 6.45) is 1.92. The Kier molecular flexibility index (Phi) is 4.65. The number of anilines is 2. The molecule has 2 rings (SSSR count). The van der Waals surface area contributed by atoms with Gasteiger partial charge in [0, 0.05) is 5.69 Å². The highest BCUT2D eigenvalue weighted by Gasteiger charge is 2.09. The van der Waals surface area contributed by atoms with Gasteiger partial charge in [-0.25, -0.2) is 0 Å². The van der Waals surface area contributed by atoms with E-state index in [1.54, 1.807) is 12.1 Å². The second-order valence-electron chi connectivity index (χ2n) is 4.59. The highest BCUT2D eigenvalue weighted by molar-refractivity contribution is 6.33. The third-order valence-corrected chi connectivity index (χ3v) is 3.67. The molecular weight excluding hydrogens is 268 g/mol. The zero-order valence-electron chi connectivity index (χ0n) is 11.7. The van der Waals surface area contributed by atoms with Crippen LogP contribution in [-0.2, 0) is 12.8 Å². The Morgan fingerprint density at radius 1 is 1.10 bits per heavy atom. The van der Waals surface area contributed by atoms with Gasteiger partial charge in [0.2, 0.25) is 0 Å². The van der Waals surface area contributed by atoms with Crippen LogP contribution in [0.1, 0.15) is 30.5 Å². The summed E-state index contributed by atoms with van der Waals surface area (Å²) in [6, 6.07) is 13.7. The fourth-order valence-electron chi connectivity index (χ4n) is 2.22. The molecule has 0 aliphatic carbocycles. The van der Waals surface area contributed by atoms with E-state index >= 15 is 0 Å². The average molecular weight is 285 g/mol. The van der Waals surface area contributed by atoms with Gasteiger partial charge in [-0.2, -0.15) is 5.26 Å². The molecule has 0 aliphatic heterocycles. The van der Waals surface area contributed by atoms with Gasteiger partial charge < -0.3 is 5.32 Å². The number of nitrogens with one attached hydrogen (secondary N) is 1. The predicted molar refractivity (Wildman–Crippen MR) is 84.6 cm³/mol. The Labute approximate surface area is 125 Å². The van der Waals surface area contributed by atoms with E-state index in [4.69, 9.17) is 16.9 Å². The molecule has 102 valence electrons. The van der Waals surface area contributed by atoms with Crippen LogP contribution in [0.3, 0.4) is 0 Å². The first-order chi connectivity index (χ1) is 9.69. The van der Waals surface area contributed by atoms with Gasteiger partial charge in [-0.05, 0) is 42.2 Å². The number of hydrogen-bond donors (Lipinski definition) is 1. The summed E-state index contributed by atoms with van der Waals surface area (Å²) < 4.78 is 0. The lowest BCUT2D eigenvalue weighted by Gasteiger charge is -2.16. The van der Waals surface area contributed by atoms with Crippen molar-refractivity contribution in [2.24, 2.45) is 0 Å². The lowest BCUT2D eigenvalue weighted by Crippen LogP contribution is -2.00. The molecular formula is C17H17ClN2. The van der Waals surface area contributed by atoms with Gasteiger partial charge in [0.15, 0.2) is 0 Å². The zero-order chi connectivity index (χ0) is 14.5. The van der Waals surface area contributed by atoms with Gasteiger partial charge >= 0.3 is 0 Å². The third kappa shape index (κ3) is 2.95. The van der Waals surface area contributed by atoms with Crippen LogP contribution < -0.4 is 5.32 Å². The van der Waals surface area contributed by atoms with Gasteiger partial charge in [0.1, 0.15) is 0 Å². The summed E-state index contributed by atoms with van der Waals surface area (Å²) in [7, 11) is 0. The standard InChI is InChI=1S/C17H17ClN2/c1-3-13-6-5-7-14(4-2)17(13)20-16-9-8-12(11-19)10-15(16)18/h5-10,20H,3-4H2,1-2H3. The monoisotopic (exact) mass is 284 g/mol. The summed E-state index contributed by atoms with van der Waals surface area (Å²) in [6.45, 7) is 4.28. The second-order valence-corrected chi connectivity index (χ2v) is 5.00. The lowest BCUT2D eigenvalue weighted by molar-refractivity contribution is 1.09. The number of halogens is 1. The molecule has 0 saturated heterocycles. The molecule has 0 radical (unpaired) electrons. The average Bonchev–Trinajstić information content (AvgIpc) is 2.49. The lowest BCUT2D eigenvalue weighted by atomic mass is 10.0. The van der Waals surface area contributed by atoms with Crippen molar-refractivity contribution >= 4 is 23.0 Å².